The van der Waals surface area contributed by atoms with Gasteiger partial charge in [0.2, 0.25) is 5.91 Å². The van der Waals surface area contributed by atoms with Crippen molar-refractivity contribution in [2.45, 2.75) is 44.8 Å². The maximum Gasteiger partial charge on any atom is 0.237 e. The van der Waals surface area contributed by atoms with Crippen LogP contribution in [-0.4, -0.2) is 72.4 Å². The molecule has 5 heteroatoms. The summed E-state index contributed by atoms with van der Waals surface area (Å²) in [6.07, 6.45) is 4.82. The number of aliphatic hydroxyl groups is 1. The maximum absolute atomic E-state index is 12.4. The number of likely N-dealkylation sites (N-methyl/N-ethyl adjacent to an activating group) is 1. The van der Waals surface area contributed by atoms with E-state index in [-0.39, 0.29) is 24.7 Å². The third-order valence-electron chi connectivity index (χ3n) is 4.27. The first-order valence-electron chi connectivity index (χ1n) is 7.50. The Bertz CT molecular complexity index is 296. The number of hydrogen-bond donors (Lipinski definition) is 1. The molecule has 1 heterocycles. The number of carbonyl (C=O) groups excluding carboxylic acids is 1. The normalized spacial score (nSPS) is 27.4. The Kier molecular flexibility index (Phi) is 5.60. The fraction of sp³-hybridized carbons (Fsp3) is 0.929. The largest absolute Gasteiger partial charge is 0.395 e. The van der Waals surface area contributed by atoms with Crippen molar-refractivity contribution < 1.29 is 14.6 Å². The summed E-state index contributed by atoms with van der Waals surface area (Å²) in [5.74, 6) is 0.190. The summed E-state index contributed by atoms with van der Waals surface area (Å²) in [6, 6.07) is 0.280. The molecule has 1 saturated carbocycles. The van der Waals surface area contributed by atoms with E-state index in [1.807, 2.05) is 16.7 Å². The highest BCUT2D eigenvalue weighted by Crippen LogP contribution is 2.28. The molecule has 2 fully saturated rings. The molecule has 1 amide bonds. The lowest BCUT2D eigenvalue weighted by Crippen LogP contribution is -2.56. The van der Waals surface area contributed by atoms with E-state index in [1.54, 1.807) is 0 Å². The van der Waals surface area contributed by atoms with Crippen molar-refractivity contribution in [2.24, 2.45) is 0 Å². The molecule has 0 aromatic carbocycles. The number of hydrogen-bond acceptors (Lipinski definition) is 4. The van der Waals surface area contributed by atoms with E-state index in [0.29, 0.717) is 19.7 Å². The highest BCUT2D eigenvalue weighted by molar-refractivity contribution is 5.78. The monoisotopic (exact) mass is 270 g/mol. The van der Waals surface area contributed by atoms with Gasteiger partial charge in [-0.15, -0.1) is 0 Å². The first kappa shape index (κ1) is 14.8. The number of amides is 1. The van der Waals surface area contributed by atoms with Crippen LogP contribution in [0.4, 0.5) is 0 Å². The van der Waals surface area contributed by atoms with Crippen molar-refractivity contribution in [2.75, 3.05) is 39.4 Å². The zero-order valence-corrected chi connectivity index (χ0v) is 11.9. The molecule has 0 bridgehead atoms. The second-order valence-corrected chi connectivity index (χ2v) is 5.44. The molecule has 0 radical (unpaired) electrons. The molecule has 1 saturated heterocycles. The van der Waals surface area contributed by atoms with Crippen molar-refractivity contribution >= 4 is 5.91 Å². The quantitative estimate of drug-likeness (QED) is 0.789. The summed E-state index contributed by atoms with van der Waals surface area (Å²) < 4.78 is 5.79. The SMILES string of the molecule is CCN(CCO)CC(=O)N1CCOC2CCCCC21. The molecule has 0 spiro atoms. The van der Waals surface area contributed by atoms with Gasteiger partial charge < -0.3 is 14.7 Å². The van der Waals surface area contributed by atoms with E-state index >= 15 is 0 Å². The molecule has 1 aliphatic heterocycles. The second kappa shape index (κ2) is 7.22. The Hall–Kier alpha value is -0.650. The lowest BCUT2D eigenvalue weighted by atomic mass is 9.90. The summed E-state index contributed by atoms with van der Waals surface area (Å²) in [4.78, 5) is 16.5. The molecular weight excluding hydrogens is 244 g/mol. The number of aliphatic hydroxyl groups excluding tert-OH is 1. The van der Waals surface area contributed by atoms with Crippen LogP contribution in [0.3, 0.4) is 0 Å². The highest BCUT2D eigenvalue weighted by Gasteiger charge is 2.36. The second-order valence-electron chi connectivity index (χ2n) is 5.44. The number of fused-ring (bicyclic) bond motifs is 1. The Morgan fingerprint density at radius 1 is 1.42 bits per heavy atom. The predicted molar refractivity (Wildman–Crippen MR) is 72.9 cm³/mol. The van der Waals surface area contributed by atoms with E-state index in [1.165, 1.54) is 12.8 Å². The first-order valence-corrected chi connectivity index (χ1v) is 7.50. The molecule has 19 heavy (non-hydrogen) atoms. The fourth-order valence-electron chi connectivity index (χ4n) is 3.18. The summed E-state index contributed by atoms with van der Waals surface area (Å²) in [7, 11) is 0. The molecule has 110 valence electrons. The summed E-state index contributed by atoms with van der Waals surface area (Å²) >= 11 is 0. The van der Waals surface area contributed by atoms with Crippen LogP contribution >= 0.6 is 0 Å². The Labute approximate surface area is 115 Å². The van der Waals surface area contributed by atoms with E-state index in [4.69, 9.17) is 9.84 Å². The Morgan fingerprint density at radius 2 is 2.21 bits per heavy atom. The number of rotatable bonds is 5. The Balaban J connectivity index is 1.93. The zero-order valence-electron chi connectivity index (χ0n) is 11.9. The van der Waals surface area contributed by atoms with Crippen LogP contribution in [0.1, 0.15) is 32.6 Å². The van der Waals surface area contributed by atoms with Crippen LogP contribution in [-0.2, 0) is 9.53 Å². The zero-order chi connectivity index (χ0) is 13.7. The van der Waals surface area contributed by atoms with E-state index in [2.05, 4.69) is 0 Å². The van der Waals surface area contributed by atoms with Gasteiger partial charge in [-0.25, -0.2) is 0 Å². The lowest BCUT2D eigenvalue weighted by molar-refractivity contribution is -0.150. The number of carbonyl (C=O) groups is 1. The molecule has 2 atom stereocenters. The standard InChI is InChI=1S/C14H26N2O3/c1-2-15(7-9-17)11-14(18)16-8-10-19-13-6-4-3-5-12(13)16/h12-13,17H,2-11H2,1H3. The number of morpholine rings is 1. The van der Waals surface area contributed by atoms with Gasteiger partial charge >= 0.3 is 0 Å². The summed E-state index contributed by atoms with van der Waals surface area (Å²) in [6.45, 7) is 5.29. The van der Waals surface area contributed by atoms with Crippen LogP contribution in [0, 0.1) is 0 Å². The molecular formula is C14H26N2O3. The Morgan fingerprint density at radius 3 is 2.95 bits per heavy atom. The van der Waals surface area contributed by atoms with E-state index in [0.717, 1.165) is 25.9 Å². The lowest BCUT2D eigenvalue weighted by Gasteiger charge is -2.44. The highest BCUT2D eigenvalue weighted by atomic mass is 16.5. The molecule has 0 aromatic heterocycles. The number of nitrogens with zero attached hydrogens (tertiary/aromatic N) is 2. The summed E-state index contributed by atoms with van der Waals surface area (Å²) in [5.41, 5.74) is 0. The van der Waals surface area contributed by atoms with Crippen molar-refractivity contribution in [3.63, 3.8) is 0 Å². The van der Waals surface area contributed by atoms with Gasteiger partial charge in [-0.3, -0.25) is 9.69 Å². The van der Waals surface area contributed by atoms with Crippen LogP contribution in [0.5, 0.6) is 0 Å². The molecule has 5 nitrogen and oxygen atoms in total. The smallest absolute Gasteiger partial charge is 0.237 e. The third kappa shape index (κ3) is 3.68. The van der Waals surface area contributed by atoms with Gasteiger partial charge in [-0.2, -0.15) is 0 Å². The fourth-order valence-corrected chi connectivity index (χ4v) is 3.18. The minimum Gasteiger partial charge on any atom is -0.395 e. The van der Waals surface area contributed by atoms with Crippen molar-refractivity contribution in [1.82, 2.24) is 9.80 Å². The van der Waals surface area contributed by atoms with Gasteiger partial charge in [-0.05, 0) is 19.4 Å². The molecule has 2 rings (SSSR count). The maximum atomic E-state index is 12.4. The van der Waals surface area contributed by atoms with Gasteiger partial charge in [0.15, 0.2) is 0 Å². The average molecular weight is 270 g/mol. The van der Waals surface area contributed by atoms with Gasteiger partial charge in [0.1, 0.15) is 0 Å². The minimum absolute atomic E-state index is 0.107. The van der Waals surface area contributed by atoms with E-state index < -0.39 is 0 Å². The van der Waals surface area contributed by atoms with Gasteiger partial charge in [-0.1, -0.05) is 19.8 Å². The van der Waals surface area contributed by atoms with Crippen LogP contribution in [0.2, 0.25) is 0 Å². The van der Waals surface area contributed by atoms with Crippen molar-refractivity contribution in [3.05, 3.63) is 0 Å². The van der Waals surface area contributed by atoms with Gasteiger partial charge in [0.05, 0.1) is 31.9 Å². The van der Waals surface area contributed by atoms with Crippen LogP contribution in [0.15, 0.2) is 0 Å². The van der Waals surface area contributed by atoms with Gasteiger partial charge in [0, 0.05) is 13.1 Å². The van der Waals surface area contributed by atoms with Crippen LogP contribution in [0.25, 0.3) is 0 Å². The number of ether oxygens (including phenoxy) is 1. The first-order chi connectivity index (χ1) is 9.26. The van der Waals surface area contributed by atoms with Crippen LogP contribution < -0.4 is 0 Å². The predicted octanol–water partition coefficient (Wildman–Crippen LogP) is 0.471. The topological polar surface area (TPSA) is 53.0 Å². The summed E-state index contributed by atoms with van der Waals surface area (Å²) in [5, 5.41) is 8.99. The van der Waals surface area contributed by atoms with E-state index in [9.17, 15) is 4.79 Å². The molecule has 1 aliphatic carbocycles. The molecule has 1 N–H and O–H groups in total. The third-order valence-corrected chi connectivity index (χ3v) is 4.27. The molecule has 2 aliphatic rings. The van der Waals surface area contributed by atoms with Crippen molar-refractivity contribution in [3.8, 4) is 0 Å². The minimum atomic E-state index is 0.107. The molecule has 2 unspecified atom stereocenters. The van der Waals surface area contributed by atoms with Crippen molar-refractivity contribution in [1.29, 1.82) is 0 Å². The van der Waals surface area contributed by atoms with Gasteiger partial charge in [0.25, 0.3) is 0 Å². The average Bonchev–Trinajstić information content (AvgIpc) is 2.46. The molecule has 0 aromatic rings.